The van der Waals surface area contributed by atoms with Crippen molar-refractivity contribution in [3.63, 3.8) is 0 Å². The zero-order chi connectivity index (χ0) is 12.3. The van der Waals surface area contributed by atoms with E-state index in [0.29, 0.717) is 6.04 Å². The molecular weight excluding hydrogens is 216 g/mol. The normalized spacial score (nSPS) is 25.9. The molecule has 1 atom stereocenters. The molecule has 1 saturated carbocycles. The number of carbonyl (C=O) groups excluding carboxylic acids is 2. The van der Waals surface area contributed by atoms with Gasteiger partial charge in [0.1, 0.15) is 6.04 Å². The summed E-state index contributed by atoms with van der Waals surface area (Å²) in [5.74, 6) is 0.0795. The number of nitrogens with one attached hydrogen (secondary N) is 1. The van der Waals surface area contributed by atoms with Gasteiger partial charge in [0.05, 0.1) is 0 Å². The molecule has 0 aromatic rings. The van der Waals surface area contributed by atoms with Crippen LogP contribution in [-0.4, -0.2) is 35.3 Å². The smallest absolute Gasteiger partial charge is 0.243 e. The van der Waals surface area contributed by atoms with Gasteiger partial charge in [0.2, 0.25) is 11.8 Å². The largest absolute Gasteiger partial charge is 0.352 e. The summed E-state index contributed by atoms with van der Waals surface area (Å²) in [6, 6.07) is 0.125. The molecule has 0 radical (unpaired) electrons. The molecule has 1 aliphatic carbocycles. The van der Waals surface area contributed by atoms with Crippen LogP contribution in [0.3, 0.4) is 0 Å². The molecule has 2 aliphatic rings. The van der Waals surface area contributed by atoms with Crippen molar-refractivity contribution in [2.24, 2.45) is 0 Å². The molecule has 0 spiro atoms. The van der Waals surface area contributed by atoms with Gasteiger partial charge in [-0.1, -0.05) is 19.3 Å². The molecule has 2 rings (SSSR count). The third kappa shape index (κ3) is 2.99. The van der Waals surface area contributed by atoms with E-state index in [9.17, 15) is 9.59 Å². The SMILES string of the molecule is CC(=O)N1CCC[C@H]1C(=O)NC1CCCCC1. The number of hydrogen-bond donors (Lipinski definition) is 1. The molecule has 17 heavy (non-hydrogen) atoms. The van der Waals surface area contributed by atoms with Crippen LogP contribution in [0.25, 0.3) is 0 Å². The Labute approximate surface area is 103 Å². The predicted octanol–water partition coefficient (Wildman–Crippen LogP) is 1.45. The molecule has 0 bridgehead atoms. The Morgan fingerprint density at radius 3 is 2.41 bits per heavy atom. The van der Waals surface area contributed by atoms with Gasteiger partial charge >= 0.3 is 0 Å². The first-order valence-electron chi connectivity index (χ1n) is 6.76. The summed E-state index contributed by atoms with van der Waals surface area (Å²) >= 11 is 0. The second-order valence-electron chi connectivity index (χ2n) is 5.21. The van der Waals surface area contributed by atoms with Gasteiger partial charge in [-0.2, -0.15) is 0 Å². The lowest BCUT2D eigenvalue weighted by molar-refractivity contribution is -0.137. The van der Waals surface area contributed by atoms with Gasteiger partial charge < -0.3 is 10.2 Å². The van der Waals surface area contributed by atoms with Crippen LogP contribution >= 0.6 is 0 Å². The van der Waals surface area contributed by atoms with E-state index in [0.717, 1.165) is 32.2 Å². The van der Waals surface area contributed by atoms with E-state index in [-0.39, 0.29) is 17.9 Å². The van der Waals surface area contributed by atoms with Crippen molar-refractivity contribution < 1.29 is 9.59 Å². The molecule has 0 aromatic carbocycles. The van der Waals surface area contributed by atoms with Gasteiger partial charge in [-0.3, -0.25) is 9.59 Å². The van der Waals surface area contributed by atoms with Crippen LogP contribution in [-0.2, 0) is 9.59 Å². The van der Waals surface area contributed by atoms with Crippen LogP contribution in [0.4, 0.5) is 0 Å². The lowest BCUT2D eigenvalue weighted by Gasteiger charge is -2.27. The van der Waals surface area contributed by atoms with Crippen LogP contribution in [0, 0.1) is 0 Å². The fraction of sp³-hybridized carbons (Fsp3) is 0.846. The van der Waals surface area contributed by atoms with E-state index in [1.165, 1.54) is 19.3 Å². The van der Waals surface area contributed by atoms with Crippen LogP contribution in [0.1, 0.15) is 51.9 Å². The van der Waals surface area contributed by atoms with Gasteiger partial charge in [-0.05, 0) is 25.7 Å². The Bertz CT molecular complexity index is 298. The lowest BCUT2D eigenvalue weighted by Crippen LogP contribution is -2.48. The van der Waals surface area contributed by atoms with Crippen LogP contribution < -0.4 is 5.32 Å². The van der Waals surface area contributed by atoms with E-state index in [1.807, 2.05) is 0 Å². The third-order valence-corrected chi connectivity index (χ3v) is 3.91. The van der Waals surface area contributed by atoms with Gasteiger partial charge in [0.15, 0.2) is 0 Å². The quantitative estimate of drug-likeness (QED) is 0.791. The average Bonchev–Trinajstić information content (AvgIpc) is 2.79. The number of amides is 2. The van der Waals surface area contributed by atoms with Crippen molar-refractivity contribution in [2.45, 2.75) is 64.0 Å². The van der Waals surface area contributed by atoms with Crippen molar-refractivity contribution >= 4 is 11.8 Å². The summed E-state index contributed by atoms with van der Waals surface area (Å²) in [5, 5.41) is 3.11. The summed E-state index contributed by atoms with van der Waals surface area (Å²) in [5.41, 5.74) is 0. The van der Waals surface area contributed by atoms with E-state index in [1.54, 1.807) is 11.8 Å². The maximum absolute atomic E-state index is 12.1. The topological polar surface area (TPSA) is 49.4 Å². The standard InChI is InChI=1S/C13H22N2O2/c1-10(16)15-9-5-8-12(15)13(17)14-11-6-3-2-4-7-11/h11-12H,2-9H2,1H3,(H,14,17)/t12-/m0/s1. The zero-order valence-corrected chi connectivity index (χ0v) is 10.6. The molecule has 2 fully saturated rings. The fourth-order valence-corrected chi connectivity index (χ4v) is 2.96. The number of likely N-dealkylation sites (tertiary alicyclic amines) is 1. The Hall–Kier alpha value is -1.06. The number of hydrogen-bond acceptors (Lipinski definition) is 2. The summed E-state index contributed by atoms with van der Waals surface area (Å²) in [4.78, 5) is 25.2. The van der Waals surface area contributed by atoms with E-state index < -0.39 is 0 Å². The number of carbonyl (C=O) groups is 2. The maximum Gasteiger partial charge on any atom is 0.243 e. The Morgan fingerprint density at radius 1 is 1.06 bits per heavy atom. The molecule has 96 valence electrons. The lowest BCUT2D eigenvalue weighted by atomic mass is 9.95. The average molecular weight is 238 g/mol. The molecule has 1 saturated heterocycles. The second kappa shape index (κ2) is 5.52. The molecule has 4 heteroatoms. The minimum absolute atomic E-state index is 0.0197. The first-order chi connectivity index (χ1) is 8.18. The Morgan fingerprint density at radius 2 is 1.76 bits per heavy atom. The highest BCUT2D eigenvalue weighted by atomic mass is 16.2. The minimum atomic E-state index is -0.213. The number of rotatable bonds is 2. The fourth-order valence-electron chi connectivity index (χ4n) is 2.96. The minimum Gasteiger partial charge on any atom is -0.352 e. The Balaban J connectivity index is 1.88. The van der Waals surface area contributed by atoms with Crippen molar-refractivity contribution in [3.05, 3.63) is 0 Å². The van der Waals surface area contributed by atoms with Crippen molar-refractivity contribution in [2.75, 3.05) is 6.54 Å². The highest BCUT2D eigenvalue weighted by molar-refractivity contribution is 5.87. The van der Waals surface area contributed by atoms with Crippen molar-refractivity contribution in [1.29, 1.82) is 0 Å². The third-order valence-electron chi connectivity index (χ3n) is 3.91. The maximum atomic E-state index is 12.1. The van der Waals surface area contributed by atoms with Gasteiger partial charge in [-0.25, -0.2) is 0 Å². The monoisotopic (exact) mass is 238 g/mol. The molecule has 0 aromatic heterocycles. The van der Waals surface area contributed by atoms with Gasteiger partial charge in [0.25, 0.3) is 0 Å². The molecule has 0 unspecified atom stereocenters. The van der Waals surface area contributed by atoms with Crippen molar-refractivity contribution in [1.82, 2.24) is 10.2 Å². The van der Waals surface area contributed by atoms with Crippen molar-refractivity contribution in [3.8, 4) is 0 Å². The highest BCUT2D eigenvalue weighted by Crippen LogP contribution is 2.20. The molecule has 1 aliphatic heterocycles. The van der Waals surface area contributed by atoms with E-state index in [4.69, 9.17) is 0 Å². The molecule has 1 heterocycles. The number of nitrogens with zero attached hydrogens (tertiary/aromatic N) is 1. The molecule has 1 N–H and O–H groups in total. The first-order valence-corrected chi connectivity index (χ1v) is 6.76. The summed E-state index contributed by atoms with van der Waals surface area (Å²) in [6.45, 7) is 2.28. The predicted molar refractivity (Wildman–Crippen MR) is 65.4 cm³/mol. The molecule has 2 amide bonds. The second-order valence-corrected chi connectivity index (χ2v) is 5.21. The van der Waals surface area contributed by atoms with Gasteiger partial charge in [0, 0.05) is 19.5 Å². The first kappa shape index (κ1) is 12.4. The molecular formula is C13H22N2O2. The zero-order valence-electron chi connectivity index (χ0n) is 10.6. The van der Waals surface area contributed by atoms with Crippen LogP contribution in [0.15, 0.2) is 0 Å². The van der Waals surface area contributed by atoms with Crippen LogP contribution in [0.2, 0.25) is 0 Å². The molecule has 4 nitrogen and oxygen atoms in total. The van der Waals surface area contributed by atoms with Gasteiger partial charge in [-0.15, -0.1) is 0 Å². The Kier molecular flexibility index (Phi) is 4.02. The summed E-state index contributed by atoms with van der Waals surface area (Å²) in [6.07, 6.45) is 7.67. The summed E-state index contributed by atoms with van der Waals surface area (Å²) in [7, 11) is 0. The summed E-state index contributed by atoms with van der Waals surface area (Å²) < 4.78 is 0. The van der Waals surface area contributed by atoms with E-state index in [2.05, 4.69) is 5.32 Å². The van der Waals surface area contributed by atoms with Crippen LogP contribution in [0.5, 0.6) is 0 Å². The highest BCUT2D eigenvalue weighted by Gasteiger charge is 2.33. The van der Waals surface area contributed by atoms with E-state index >= 15 is 0 Å².